The van der Waals surface area contributed by atoms with Crippen LogP contribution >= 0.6 is 0 Å². The highest BCUT2D eigenvalue weighted by Gasteiger charge is 2.17. The number of ether oxygens (including phenoxy) is 1. The molecule has 0 N–H and O–H groups in total. The van der Waals surface area contributed by atoms with E-state index < -0.39 is 0 Å². The second kappa shape index (κ2) is 6.83. The van der Waals surface area contributed by atoms with Crippen LogP contribution in [0.1, 0.15) is 17.3 Å². The Morgan fingerprint density at radius 2 is 1.71 bits per heavy atom. The van der Waals surface area contributed by atoms with Gasteiger partial charge in [-0.3, -0.25) is 9.80 Å². The number of esters is 1. The van der Waals surface area contributed by atoms with Crippen molar-refractivity contribution in [1.82, 2.24) is 9.91 Å². The summed E-state index contributed by atoms with van der Waals surface area (Å²) in [5, 5.41) is 10.1. The van der Waals surface area contributed by atoms with Gasteiger partial charge in [-0.1, -0.05) is 5.22 Å². The van der Waals surface area contributed by atoms with E-state index in [1.807, 2.05) is 5.01 Å². The molecular weight excluding hydrogens is 272 g/mol. The summed E-state index contributed by atoms with van der Waals surface area (Å²) in [4.78, 5) is 24.3. The van der Waals surface area contributed by atoms with Gasteiger partial charge in [0.05, 0.1) is 31.5 Å². The molecule has 112 valence electrons. The molecule has 21 heavy (non-hydrogen) atoms. The van der Waals surface area contributed by atoms with E-state index in [2.05, 4.69) is 15.1 Å². The van der Waals surface area contributed by atoms with Crippen molar-refractivity contribution in [3.8, 4) is 0 Å². The van der Waals surface area contributed by atoms with E-state index >= 15 is 0 Å². The third kappa shape index (κ3) is 4.01. The normalized spacial score (nSPS) is 15.3. The van der Waals surface area contributed by atoms with Crippen LogP contribution in [0, 0.1) is 0 Å². The van der Waals surface area contributed by atoms with E-state index in [0.29, 0.717) is 37.4 Å². The summed E-state index contributed by atoms with van der Waals surface area (Å²) >= 11 is 0. The first kappa shape index (κ1) is 15.0. The lowest BCUT2D eigenvalue weighted by atomic mass is 10.2. The van der Waals surface area contributed by atoms with Gasteiger partial charge in [0.2, 0.25) is 5.91 Å². The van der Waals surface area contributed by atoms with Crippen molar-refractivity contribution >= 4 is 17.6 Å². The molecule has 1 fully saturated rings. The Bertz CT molecular complexity index is 534. The number of piperazine rings is 1. The number of nitrogens with zero attached hydrogens (tertiary/aromatic N) is 4. The van der Waals surface area contributed by atoms with Crippen LogP contribution in [0.15, 0.2) is 34.6 Å². The number of hydrogen-bond acceptors (Lipinski definition) is 5. The molecule has 0 bridgehead atoms. The van der Waals surface area contributed by atoms with Crippen molar-refractivity contribution in [3.05, 3.63) is 29.8 Å². The van der Waals surface area contributed by atoms with Crippen molar-refractivity contribution in [1.29, 1.82) is 0 Å². The third-order valence-corrected chi connectivity index (χ3v) is 3.28. The van der Waals surface area contributed by atoms with Crippen molar-refractivity contribution in [2.45, 2.75) is 6.92 Å². The molecule has 0 saturated carbocycles. The van der Waals surface area contributed by atoms with E-state index in [-0.39, 0.29) is 11.9 Å². The molecule has 2 rings (SSSR count). The lowest BCUT2D eigenvalue weighted by molar-refractivity contribution is -0.130. The maximum Gasteiger partial charge on any atom is 0.337 e. The van der Waals surface area contributed by atoms with Gasteiger partial charge < -0.3 is 9.64 Å². The Morgan fingerprint density at radius 1 is 1.10 bits per heavy atom. The summed E-state index contributed by atoms with van der Waals surface area (Å²) in [7, 11) is 1.34. The van der Waals surface area contributed by atoms with E-state index in [1.54, 1.807) is 36.1 Å². The van der Waals surface area contributed by atoms with Gasteiger partial charge in [-0.2, -0.15) is 0 Å². The highest BCUT2D eigenvalue weighted by atomic mass is 16.5. The molecular formula is C14H18N4O3. The largest absolute Gasteiger partial charge is 0.465 e. The van der Waals surface area contributed by atoms with Crippen LogP contribution in [-0.2, 0) is 9.53 Å². The Morgan fingerprint density at radius 3 is 2.24 bits per heavy atom. The molecule has 0 radical (unpaired) electrons. The van der Waals surface area contributed by atoms with Crippen LogP contribution in [0.3, 0.4) is 0 Å². The fourth-order valence-corrected chi connectivity index (χ4v) is 2.00. The summed E-state index contributed by atoms with van der Waals surface area (Å²) in [6, 6.07) is 6.71. The van der Waals surface area contributed by atoms with Gasteiger partial charge in [-0.05, 0) is 24.3 Å². The Labute approximate surface area is 123 Å². The molecule has 1 aliphatic rings. The monoisotopic (exact) mass is 290 g/mol. The van der Waals surface area contributed by atoms with E-state index in [0.717, 1.165) is 0 Å². The topological polar surface area (TPSA) is 74.6 Å². The van der Waals surface area contributed by atoms with E-state index in [4.69, 9.17) is 0 Å². The molecule has 0 aromatic heterocycles. The highest BCUT2D eigenvalue weighted by molar-refractivity contribution is 5.89. The number of benzene rings is 1. The second-order valence-electron chi connectivity index (χ2n) is 4.69. The van der Waals surface area contributed by atoms with Crippen LogP contribution in [-0.4, -0.2) is 55.1 Å². The van der Waals surface area contributed by atoms with Gasteiger partial charge in [0.15, 0.2) is 0 Å². The minimum absolute atomic E-state index is 0.0880. The SMILES string of the molecule is COC(=O)c1ccc(N=NN2CCN(C(C)=O)CC2)cc1. The van der Waals surface area contributed by atoms with E-state index in [9.17, 15) is 9.59 Å². The Balaban J connectivity index is 1.90. The van der Waals surface area contributed by atoms with Gasteiger partial charge in [0.25, 0.3) is 0 Å². The Kier molecular flexibility index (Phi) is 4.86. The van der Waals surface area contributed by atoms with Gasteiger partial charge in [-0.15, -0.1) is 5.11 Å². The fourth-order valence-electron chi connectivity index (χ4n) is 2.00. The van der Waals surface area contributed by atoms with Gasteiger partial charge in [0.1, 0.15) is 0 Å². The zero-order valence-electron chi connectivity index (χ0n) is 12.2. The molecule has 1 heterocycles. The van der Waals surface area contributed by atoms with Crippen LogP contribution in [0.4, 0.5) is 5.69 Å². The minimum atomic E-state index is -0.376. The summed E-state index contributed by atoms with van der Waals surface area (Å²) in [5.74, 6) is -0.288. The van der Waals surface area contributed by atoms with Crippen LogP contribution in [0.25, 0.3) is 0 Å². The predicted molar refractivity (Wildman–Crippen MR) is 76.1 cm³/mol. The standard InChI is InChI=1S/C14H18N4O3/c1-11(19)17-7-9-18(10-8-17)16-15-13-5-3-12(4-6-13)14(20)21-2/h3-6H,7-10H2,1-2H3. The number of hydrogen-bond donors (Lipinski definition) is 0. The molecule has 7 heteroatoms. The summed E-state index contributed by atoms with van der Waals surface area (Å²) in [6.45, 7) is 4.23. The van der Waals surface area contributed by atoms with Crippen LogP contribution < -0.4 is 0 Å². The first-order valence-corrected chi connectivity index (χ1v) is 6.70. The third-order valence-electron chi connectivity index (χ3n) is 3.28. The van der Waals surface area contributed by atoms with Gasteiger partial charge in [-0.25, -0.2) is 4.79 Å². The molecule has 0 unspecified atom stereocenters. The quantitative estimate of drug-likeness (QED) is 0.626. The number of amides is 1. The zero-order valence-corrected chi connectivity index (χ0v) is 12.2. The summed E-state index contributed by atoms with van der Waals surface area (Å²) < 4.78 is 4.63. The maximum absolute atomic E-state index is 11.3. The molecule has 0 aliphatic carbocycles. The average Bonchev–Trinajstić information content (AvgIpc) is 2.53. The van der Waals surface area contributed by atoms with Crippen molar-refractivity contribution < 1.29 is 14.3 Å². The van der Waals surface area contributed by atoms with Crippen molar-refractivity contribution in [3.63, 3.8) is 0 Å². The maximum atomic E-state index is 11.3. The molecule has 1 aromatic carbocycles. The molecule has 0 spiro atoms. The van der Waals surface area contributed by atoms with Crippen LogP contribution in [0.5, 0.6) is 0 Å². The summed E-state index contributed by atoms with van der Waals surface area (Å²) in [5.41, 5.74) is 1.14. The smallest absolute Gasteiger partial charge is 0.337 e. The van der Waals surface area contributed by atoms with Crippen molar-refractivity contribution in [2.75, 3.05) is 33.3 Å². The molecule has 7 nitrogen and oxygen atoms in total. The second-order valence-corrected chi connectivity index (χ2v) is 4.69. The lowest BCUT2D eigenvalue weighted by Gasteiger charge is -2.31. The summed E-state index contributed by atoms with van der Waals surface area (Å²) in [6.07, 6.45) is 0. The first-order valence-electron chi connectivity index (χ1n) is 6.70. The van der Waals surface area contributed by atoms with Crippen molar-refractivity contribution in [2.24, 2.45) is 10.3 Å². The first-order chi connectivity index (χ1) is 10.1. The number of rotatable bonds is 3. The van der Waals surface area contributed by atoms with Gasteiger partial charge in [0, 0.05) is 20.0 Å². The number of carbonyl (C=O) groups excluding carboxylic acids is 2. The molecule has 1 aliphatic heterocycles. The Hall–Kier alpha value is -2.44. The molecule has 1 amide bonds. The fraction of sp³-hybridized carbons (Fsp3) is 0.429. The average molecular weight is 290 g/mol. The minimum Gasteiger partial charge on any atom is -0.465 e. The molecule has 0 atom stereocenters. The van der Waals surface area contributed by atoms with Gasteiger partial charge >= 0.3 is 5.97 Å². The molecule has 1 aromatic rings. The zero-order chi connectivity index (χ0) is 15.2. The molecule has 1 saturated heterocycles. The van der Waals surface area contributed by atoms with Crippen LogP contribution in [0.2, 0.25) is 0 Å². The van der Waals surface area contributed by atoms with E-state index in [1.165, 1.54) is 7.11 Å². The number of carbonyl (C=O) groups is 2. The predicted octanol–water partition coefficient (Wildman–Crippen LogP) is 1.64. The lowest BCUT2D eigenvalue weighted by Crippen LogP contribution is -2.45. The number of methoxy groups -OCH3 is 1. The highest BCUT2D eigenvalue weighted by Crippen LogP contribution is 2.15.